The van der Waals surface area contributed by atoms with Crippen molar-refractivity contribution in [3.05, 3.63) is 25.3 Å². The molecule has 0 saturated carbocycles. The van der Waals surface area contributed by atoms with Crippen LogP contribution in [0, 0.1) is 0 Å². The molecule has 0 aliphatic heterocycles. The lowest BCUT2D eigenvalue weighted by molar-refractivity contribution is 0.104. The van der Waals surface area contributed by atoms with E-state index < -0.39 is 6.80 Å². The molecule has 152 valence electrons. The van der Waals surface area contributed by atoms with Crippen LogP contribution in [0.4, 0.5) is 4.79 Å². The highest BCUT2D eigenvalue weighted by molar-refractivity contribution is 8.55. The van der Waals surface area contributed by atoms with Gasteiger partial charge in [-0.05, 0) is 30.6 Å². The number of carbonyl (C=O) groups is 1. The van der Waals surface area contributed by atoms with Crippen LogP contribution < -0.4 is 0 Å². The Kier molecular flexibility index (Phi) is 16.5. The van der Waals surface area contributed by atoms with Gasteiger partial charge < -0.3 is 14.5 Å². The number of unbranched alkanes of at least 4 members (excludes halogenated alkanes) is 4. The van der Waals surface area contributed by atoms with Crippen LogP contribution in [0.25, 0.3) is 0 Å². The van der Waals surface area contributed by atoms with Crippen LogP contribution in [0.1, 0.15) is 45.4 Å². The average molecular weight is 426 g/mol. The van der Waals surface area contributed by atoms with Gasteiger partial charge in [0.25, 0.3) is 0 Å². The fraction of sp³-hybridized carbons (Fsp3) is 0.706. The predicted octanol–water partition coefficient (Wildman–Crippen LogP) is 5.66. The first-order valence-electron chi connectivity index (χ1n) is 8.88. The lowest BCUT2D eigenvalue weighted by atomic mass is 10.2. The molecule has 0 aliphatic rings. The third-order valence-electron chi connectivity index (χ3n) is 3.24. The summed E-state index contributed by atoms with van der Waals surface area (Å²) in [6, 6.07) is 0. The van der Waals surface area contributed by atoms with Crippen molar-refractivity contribution in [3.63, 3.8) is 0 Å². The molecule has 0 rings (SSSR count). The van der Waals surface area contributed by atoms with E-state index in [1.165, 1.54) is 0 Å². The Hall–Kier alpha value is -0.400. The number of nitrogens with zero attached hydrogens (tertiary/aromatic N) is 1. The molecule has 0 aliphatic carbocycles. The molecular formula is C17H32NO5PS2. The molecule has 0 bridgehead atoms. The van der Waals surface area contributed by atoms with Gasteiger partial charge in [-0.2, -0.15) is 0 Å². The summed E-state index contributed by atoms with van der Waals surface area (Å²) in [4.78, 5) is 23.3. The molecule has 1 N–H and O–H groups in total. The molecule has 0 aromatic rings. The van der Waals surface area contributed by atoms with Gasteiger partial charge in [-0.3, -0.25) is 0 Å². The van der Waals surface area contributed by atoms with E-state index in [4.69, 9.17) is 8.71 Å². The Morgan fingerprint density at radius 3 is 2.62 bits per heavy atom. The smallest absolute Gasteiger partial charge is 0.410 e. The second-order valence-electron chi connectivity index (χ2n) is 5.57. The van der Waals surface area contributed by atoms with Crippen LogP contribution in [0.3, 0.4) is 0 Å². The van der Waals surface area contributed by atoms with Crippen LogP contribution in [0.2, 0.25) is 0 Å². The van der Waals surface area contributed by atoms with Crippen molar-refractivity contribution >= 4 is 36.3 Å². The molecule has 0 spiro atoms. The second kappa shape index (κ2) is 16.8. The second-order valence-corrected chi connectivity index (χ2v) is 10.5. The summed E-state index contributed by atoms with van der Waals surface area (Å²) in [5, 5.41) is 0. The number of hydrogen-bond donors (Lipinski definition) is 1. The summed E-state index contributed by atoms with van der Waals surface area (Å²) in [7, 11) is 0. The summed E-state index contributed by atoms with van der Waals surface area (Å²) in [5.74, 6) is 1.00. The minimum Gasteiger partial charge on any atom is -0.449 e. The molecule has 0 fully saturated rings. The lowest BCUT2D eigenvalue weighted by Crippen LogP contribution is -2.33. The highest BCUT2D eigenvalue weighted by atomic mass is 32.7. The van der Waals surface area contributed by atoms with E-state index in [1.807, 2.05) is 0 Å². The van der Waals surface area contributed by atoms with Gasteiger partial charge in [-0.25, -0.2) is 13.3 Å². The van der Waals surface area contributed by atoms with Crippen LogP contribution in [0.15, 0.2) is 25.3 Å². The van der Waals surface area contributed by atoms with Gasteiger partial charge in [0.05, 0.1) is 6.61 Å². The Balaban J connectivity index is 3.91. The molecular weight excluding hydrogens is 393 g/mol. The largest absolute Gasteiger partial charge is 0.449 e. The third kappa shape index (κ3) is 14.7. The van der Waals surface area contributed by atoms with Crippen molar-refractivity contribution in [1.29, 1.82) is 0 Å². The van der Waals surface area contributed by atoms with E-state index in [9.17, 15) is 14.3 Å². The topological polar surface area (TPSA) is 76.1 Å². The fourth-order valence-electron chi connectivity index (χ4n) is 1.94. The molecule has 0 radical (unpaired) electrons. The van der Waals surface area contributed by atoms with E-state index in [0.717, 1.165) is 61.9 Å². The Labute approximate surface area is 166 Å². The molecule has 0 aromatic heterocycles. The number of amides is 1. The molecule has 0 saturated heterocycles. The minimum atomic E-state index is -3.60. The SMILES string of the molecule is C=CCSOP(=O)(O)SCCCCCN(CC=C)C(=O)OCCCCC. The maximum Gasteiger partial charge on any atom is 0.410 e. The summed E-state index contributed by atoms with van der Waals surface area (Å²) in [5.41, 5.74) is 0. The standard InChI is InChI=1S/C17H32NO5PS2/c1-4-7-10-14-22-17(19)18(12-5-2)13-9-8-11-16-26-24(20,21)23-25-15-6-3/h5-6H,2-4,7-16H2,1H3,(H,20,21). The van der Waals surface area contributed by atoms with Crippen molar-refractivity contribution in [3.8, 4) is 0 Å². The monoisotopic (exact) mass is 425 g/mol. The molecule has 1 unspecified atom stereocenters. The zero-order chi connectivity index (χ0) is 19.7. The maximum absolute atomic E-state index is 12.0. The molecule has 0 heterocycles. The summed E-state index contributed by atoms with van der Waals surface area (Å²) in [6.45, 7) is 7.20. The summed E-state index contributed by atoms with van der Waals surface area (Å²) < 4.78 is 21.9. The van der Waals surface area contributed by atoms with Gasteiger partial charge in [-0.15, -0.1) is 13.2 Å². The van der Waals surface area contributed by atoms with Crippen molar-refractivity contribution in [1.82, 2.24) is 4.90 Å². The molecule has 9 heteroatoms. The van der Waals surface area contributed by atoms with Crippen molar-refractivity contribution in [2.24, 2.45) is 0 Å². The Bertz CT molecular complexity index is 451. The Morgan fingerprint density at radius 2 is 1.96 bits per heavy atom. The number of rotatable bonds is 17. The van der Waals surface area contributed by atoms with E-state index in [2.05, 4.69) is 20.1 Å². The quantitative estimate of drug-likeness (QED) is 0.139. The zero-order valence-corrected chi connectivity index (χ0v) is 18.2. The fourth-order valence-corrected chi connectivity index (χ4v) is 5.41. The van der Waals surface area contributed by atoms with E-state index >= 15 is 0 Å². The molecule has 1 amide bonds. The summed E-state index contributed by atoms with van der Waals surface area (Å²) in [6.07, 6.45) is 8.45. The van der Waals surface area contributed by atoms with E-state index in [-0.39, 0.29) is 6.09 Å². The first-order valence-corrected chi connectivity index (χ1v) is 13.0. The van der Waals surface area contributed by atoms with Gasteiger partial charge in [0.1, 0.15) is 0 Å². The van der Waals surface area contributed by atoms with Crippen LogP contribution in [0.5, 0.6) is 0 Å². The highest BCUT2D eigenvalue weighted by Crippen LogP contribution is 2.58. The van der Waals surface area contributed by atoms with Crippen LogP contribution in [-0.2, 0) is 13.3 Å². The van der Waals surface area contributed by atoms with Gasteiger partial charge in [0.15, 0.2) is 0 Å². The van der Waals surface area contributed by atoms with Crippen molar-refractivity contribution in [2.45, 2.75) is 45.4 Å². The predicted molar refractivity (Wildman–Crippen MR) is 113 cm³/mol. The highest BCUT2D eigenvalue weighted by Gasteiger charge is 2.20. The van der Waals surface area contributed by atoms with Crippen LogP contribution in [-0.4, -0.2) is 47.1 Å². The Morgan fingerprint density at radius 1 is 1.19 bits per heavy atom. The first-order chi connectivity index (χ1) is 12.5. The van der Waals surface area contributed by atoms with E-state index in [1.54, 1.807) is 17.1 Å². The van der Waals surface area contributed by atoms with Crippen molar-refractivity contribution < 1.29 is 23.0 Å². The summed E-state index contributed by atoms with van der Waals surface area (Å²) >= 11 is 1.86. The van der Waals surface area contributed by atoms with E-state index in [0.29, 0.717) is 31.2 Å². The number of hydrogen-bond acceptors (Lipinski definition) is 6. The first kappa shape index (κ1) is 25.6. The zero-order valence-electron chi connectivity index (χ0n) is 15.6. The number of carbonyl (C=O) groups excluding carboxylic acids is 1. The average Bonchev–Trinajstić information content (AvgIpc) is 2.60. The lowest BCUT2D eigenvalue weighted by Gasteiger charge is -2.20. The van der Waals surface area contributed by atoms with Crippen molar-refractivity contribution in [2.75, 3.05) is 31.2 Å². The number of ether oxygens (including phenoxy) is 1. The molecule has 26 heavy (non-hydrogen) atoms. The van der Waals surface area contributed by atoms with Gasteiger partial charge in [0.2, 0.25) is 0 Å². The minimum absolute atomic E-state index is 0.303. The van der Waals surface area contributed by atoms with Gasteiger partial charge in [-0.1, -0.05) is 38.3 Å². The van der Waals surface area contributed by atoms with Gasteiger partial charge >= 0.3 is 12.9 Å². The molecule has 1 atom stereocenters. The molecule has 6 nitrogen and oxygen atoms in total. The van der Waals surface area contributed by atoms with Crippen LogP contribution >= 0.6 is 30.2 Å². The van der Waals surface area contributed by atoms with Gasteiger partial charge in [0, 0.05) is 36.6 Å². The maximum atomic E-state index is 12.0. The normalized spacial score (nSPS) is 13.0. The third-order valence-corrected chi connectivity index (χ3v) is 7.66. The molecule has 0 aromatic carbocycles.